The van der Waals surface area contributed by atoms with Crippen molar-refractivity contribution in [2.75, 3.05) is 0 Å². The molecule has 58 heavy (non-hydrogen) atoms. The minimum atomic E-state index is 0.852. The van der Waals surface area contributed by atoms with E-state index in [0.717, 1.165) is 22.1 Å². The minimum Gasteiger partial charge on any atom is -0.443 e. The van der Waals surface area contributed by atoms with E-state index in [-0.39, 0.29) is 0 Å². The Bertz CT molecular complexity index is 1700. The average molecular weight is 834 g/mol. The molecule has 8 heteroatoms. The zero-order valence-electron chi connectivity index (χ0n) is 40.8. The summed E-state index contributed by atoms with van der Waals surface area (Å²) in [5, 5.41) is 2.50. The third-order valence-corrected chi connectivity index (χ3v) is 7.62. The molecule has 8 aromatic rings. The summed E-state index contributed by atoms with van der Waals surface area (Å²) in [6.07, 6.45) is 6.99. The molecule has 8 rings (SSSR count). The van der Waals surface area contributed by atoms with Gasteiger partial charge in [-0.1, -0.05) is 161 Å². The van der Waals surface area contributed by atoms with Crippen molar-refractivity contribution in [2.45, 2.75) is 152 Å². The van der Waals surface area contributed by atoms with Crippen molar-refractivity contribution in [3.05, 3.63) is 120 Å². The standard InChI is InChI=1S/C8H8N2.C8H7NO.2C8H7NS.9C2H6/c1-6-2-3-7-8(4-6)10-5-9-7;1-6-2-3-8-7(4-6)9-5-10-8;1-6-2-3-8-7(4-6)5-9-10-8;1-6-2-3-7-5-9-10-8(7)4-6;9*1-2/h2-5H,1H3,(H,9,10);3*2-5H,1H3;9*1-2H3. The number of nitrogens with one attached hydrogen (secondary N) is 1. The van der Waals surface area contributed by atoms with E-state index in [2.05, 4.69) is 93.0 Å². The summed E-state index contributed by atoms with van der Waals surface area (Å²) in [7, 11) is 0. The van der Waals surface area contributed by atoms with Crippen molar-refractivity contribution in [1.29, 1.82) is 0 Å². The molecule has 326 valence electrons. The average Bonchev–Trinajstić information content (AvgIpc) is 4.16. The summed E-state index contributed by atoms with van der Waals surface area (Å²) >= 11 is 3.10. The lowest BCUT2D eigenvalue weighted by Crippen LogP contribution is -1.71. The third-order valence-electron chi connectivity index (χ3n) is 6.08. The van der Waals surface area contributed by atoms with E-state index in [0.29, 0.717) is 0 Å². The molecule has 0 spiro atoms. The maximum atomic E-state index is 5.06. The number of H-pyrrole nitrogens is 1. The monoisotopic (exact) mass is 834 g/mol. The molecule has 1 N–H and O–H groups in total. The first kappa shape index (κ1) is 62.8. The van der Waals surface area contributed by atoms with Crippen LogP contribution in [0, 0.1) is 27.7 Å². The van der Waals surface area contributed by atoms with Gasteiger partial charge in [0.25, 0.3) is 0 Å². The van der Waals surface area contributed by atoms with Crippen molar-refractivity contribution in [3.8, 4) is 0 Å². The van der Waals surface area contributed by atoms with Gasteiger partial charge in [0, 0.05) is 23.2 Å². The minimum absolute atomic E-state index is 0.852. The van der Waals surface area contributed by atoms with Crippen LogP contribution < -0.4 is 0 Å². The van der Waals surface area contributed by atoms with E-state index in [4.69, 9.17) is 4.42 Å². The Balaban J connectivity index is -0.000000190. The van der Waals surface area contributed by atoms with Crippen molar-refractivity contribution in [3.63, 3.8) is 0 Å². The van der Waals surface area contributed by atoms with Crippen molar-refractivity contribution in [1.82, 2.24) is 23.7 Å². The summed E-state index contributed by atoms with van der Waals surface area (Å²) in [6, 6.07) is 24.8. The van der Waals surface area contributed by atoms with Gasteiger partial charge in [0.05, 0.1) is 26.8 Å². The van der Waals surface area contributed by atoms with Gasteiger partial charge in [-0.25, -0.2) is 9.97 Å². The van der Waals surface area contributed by atoms with Crippen LogP contribution in [0.5, 0.6) is 0 Å². The molecule has 0 saturated heterocycles. The Kier molecular flexibility index (Phi) is 49.0. The highest BCUT2D eigenvalue weighted by molar-refractivity contribution is 7.13. The topological polar surface area (TPSA) is 80.5 Å². The van der Waals surface area contributed by atoms with Gasteiger partial charge >= 0.3 is 0 Å². The first-order valence-electron chi connectivity index (χ1n) is 21.8. The largest absolute Gasteiger partial charge is 0.443 e. The Hall–Kier alpha value is -4.40. The number of oxazole rings is 1. The molecular formula is C50H83N5OS2. The normalized spacial score (nSPS) is 8.17. The number of fused-ring (bicyclic) bond motifs is 4. The van der Waals surface area contributed by atoms with Gasteiger partial charge < -0.3 is 9.40 Å². The van der Waals surface area contributed by atoms with Crippen LogP contribution in [0.3, 0.4) is 0 Å². The number of aryl methyl sites for hydroxylation is 4. The van der Waals surface area contributed by atoms with Crippen molar-refractivity contribution < 1.29 is 4.42 Å². The van der Waals surface area contributed by atoms with E-state index in [1.165, 1.54) is 48.8 Å². The molecule has 0 unspecified atom stereocenters. The molecule has 0 fully saturated rings. The second-order valence-electron chi connectivity index (χ2n) is 9.48. The van der Waals surface area contributed by atoms with E-state index in [1.807, 2.05) is 168 Å². The molecule has 0 aliphatic carbocycles. The molecule has 4 heterocycles. The van der Waals surface area contributed by atoms with Crippen LogP contribution in [0.15, 0.2) is 102 Å². The molecule has 4 aromatic heterocycles. The number of imidazole rings is 1. The second kappa shape index (κ2) is 45.3. The smallest absolute Gasteiger partial charge is 0.181 e. The predicted molar refractivity (Wildman–Crippen MR) is 270 cm³/mol. The lowest BCUT2D eigenvalue weighted by atomic mass is 10.2. The zero-order chi connectivity index (χ0) is 45.9. The predicted octanol–water partition coefficient (Wildman–Crippen LogP) is 18.5. The van der Waals surface area contributed by atoms with Crippen LogP contribution in [0.2, 0.25) is 0 Å². The first-order chi connectivity index (χ1) is 28.4. The van der Waals surface area contributed by atoms with Gasteiger partial charge in [0.2, 0.25) is 0 Å². The first-order valence-corrected chi connectivity index (χ1v) is 23.3. The van der Waals surface area contributed by atoms with Crippen LogP contribution in [0.4, 0.5) is 0 Å². The molecule has 0 aliphatic heterocycles. The molecule has 0 atom stereocenters. The van der Waals surface area contributed by atoms with Gasteiger partial charge in [0.1, 0.15) is 5.52 Å². The lowest BCUT2D eigenvalue weighted by molar-refractivity contribution is 0.602. The number of aromatic amines is 1. The van der Waals surface area contributed by atoms with Crippen LogP contribution in [0.1, 0.15) is 147 Å². The van der Waals surface area contributed by atoms with Gasteiger partial charge in [0.15, 0.2) is 12.0 Å². The zero-order valence-corrected chi connectivity index (χ0v) is 42.4. The SMILES string of the molecule is CC.CC.CC.CC.CC.CC.CC.CC.CC.Cc1ccc2cnsc2c1.Cc1ccc2nc[nH]c2c1.Cc1ccc2ocnc2c1.Cc1ccc2sncc2c1. The number of hydrogen-bond donors (Lipinski definition) is 1. The molecular weight excluding hydrogens is 751 g/mol. The molecule has 4 aromatic carbocycles. The van der Waals surface area contributed by atoms with E-state index in [1.54, 1.807) is 29.4 Å². The van der Waals surface area contributed by atoms with Crippen LogP contribution in [-0.2, 0) is 0 Å². The van der Waals surface area contributed by atoms with Crippen molar-refractivity contribution >= 4 is 65.4 Å². The van der Waals surface area contributed by atoms with Crippen LogP contribution in [-0.4, -0.2) is 23.7 Å². The molecule has 0 radical (unpaired) electrons. The highest BCUT2D eigenvalue weighted by Gasteiger charge is 1.96. The van der Waals surface area contributed by atoms with E-state index >= 15 is 0 Å². The fourth-order valence-electron chi connectivity index (χ4n) is 3.98. The fraction of sp³-hybridized carbons (Fsp3) is 0.440. The third kappa shape index (κ3) is 25.8. The number of rotatable bonds is 0. The summed E-state index contributed by atoms with van der Waals surface area (Å²) in [5.41, 5.74) is 9.00. The van der Waals surface area contributed by atoms with Gasteiger partial charge in [-0.05, 0) is 110 Å². The lowest BCUT2D eigenvalue weighted by Gasteiger charge is -1.89. The summed E-state index contributed by atoms with van der Waals surface area (Å²) in [5.74, 6) is 0. The van der Waals surface area contributed by atoms with Gasteiger partial charge in [-0.3, -0.25) is 0 Å². The maximum absolute atomic E-state index is 5.06. The summed E-state index contributed by atoms with van der Waals surface area (Å²) in [6.45, 7) is 44.3. The fourth-order valence-corrected chi connectivity index (χ4v) is 5.35. The van der Waals surface area contributed by atoms with E-state index in [9.17, 15) is 0 Å². The number of benzene rings is 4. The Labute approximate surface area is 364 Å². The van der Waals surface area contributed by atoms with Gasteiger partial charge in [-0.2, -0.15) is 8.75 Å². The summed E-state index contributed by atoms with van der Waals surface area (Å²) in [4.78, 5) is 11.2. The van der Waals surface area contributed by atoms with Crippen molar-refractivity contribution in [2.24, 2.45) is 0 Å². The number of nitrogens with zero attached hydrogens (tertiary/aromatic N) is 4. The quantitative estimate of drug-likeness (QED) is 0.165. The Morgan fingerprint density at radius 3 is 1.50 bits per heavy atom. The molecule has 0 saturated carbocycles. The number of hydrogen-bond acceptors (Lipinski definition) is 7. The molecule has 0 aliphatic rings. The maximum Gasteiger partial charge on any atom is 0.181 e. The Morgan fingerprint density at radius 1 is 0.431 bits per heavy atom. The Morgan fingerprint density at radius 2 is 0.897 bits per heavy atom. The molecule has 0 bridgehead atoms. The molecule has 0 amide bonds. The second-order valence-corrected chi connectivity index (χ2v) is 11.1. The highest BCUT2D eigenvalue weighted by Crippen LogP contribution is 2.19. The van der Waals surface area contributed by atoms with Gasteiger partial charge in [-0.15, -0.1) is 0 Å². The summed E-state index contributed by atoms with van der Waals surface area (Å²) < 4.78 is 15.8. The highest BCUT2D eigenvalue weighted by atomic mass is 32.1. The van der Waals surface area contributed by atoms with Crippen LogP contribution in [0.25, 0.3) is 42.3 Å². The van der Waals surface area contributed by atoms with Crippen LogP contribution >= 0.6 is 23.1 Å². The number of aromatic nitrogens is 5. The van der Waals surface area contributed by atoms with E-state index < -0.39 is 0 Å². The molecule has 6 nitrogen and oxygen atoms in total.